The van der Waals surface area contributed by atoms with Gasteiger partial charge < -0.3 is 19.7 Å². The van der Waals surface area contributed by atoms with E-state index >= 15 is 0 Å². The highest BCUT2D eigenvalue weighted by atomic mass is 19.2. The number of rotatable bonds is 7. The summed E-state index contributed by atoms with van der Waals surface area (Å²) in [7, 11) is 1.55. The van der Waals surface area contributed by atoms with Crippen LogP contribution in [0.1, 0.15) is 29.0 Å². The maximum absolute atomic E-state index is 14.7. The Morgan fingerprint density at radius 1 is 0.972 bits per heavy atom. The van der Waals surface area contributed by atoms with Crippen LogP contribution in [0.4, 0.5) is 18.0 Å². The van der Waals surface area contributed by atoms with E-state index in [0.717, 1.165) is 17.2 Å². The fourth-order valence-electron chi connectivity index (χ4n) is 4.24. The molecule has 1 aliphatic heterocycles. The minimum absolute atomic E-state index is 0.0120. The van der Waals surface area contributed by atoms with E-state index in [0.29, 0.717) is 11.8 Å². The van der Waals surface area contributed by atoms with Crippen LogP contribution >= 0.6 is 0 Å². The fraction of sp³-hybridized carbons (Fsp3) is 0.259. The van der Waals surface area contributed by atoms with E-state index < -0.39 is 35.5 Å². The number of hydrogen-bond donors (Lipinski definition) is 1. The molecule has 1 saturated heterocycles. The van der Waals surface area contributed by atoms with Crippen LogP contribution in [-0.2, 0) is 22.7 Å². The number of likely N-dealkylation sites (tertiary alicyclic amines) is 1. The summed E-state index contributed by atoms with van der Waals surface area (Å²) in [6, 6.07) is 16.6. The predicted octanol–water partition coefficient (Wildman–Crippen LogP) is 4.92. The van der Waals surface area contributed by atoms with Gasteiger partial charge in [0, 0.05) is 31.5 Å². The molecule has 0 aliphatic carbocycles. The molecule has 6 nitrogen and oxygen atoms in total. The number of carbonyl (C=O) groups is 2. The van der Waals surface area contributed by atoms with Crippen molar-refractivity contribution in [3.05, 3.63) is 101 Å². The Hall–Kier alpha value is -4.01. The first-order valence-corrected chi connectivity index (χ1v) is 11.4. The number of piperidine rings is 1. The molecule has 0 unspecified atom stereocenters. The highest BCUT2D eigenvalue weighted by Gasteiger charge is 2.38. The molecule has 0 aromatic heterocycles. The number of nitrogens with zero attached hydrogens (tertiary/aromatic N) is 1. The van der Waals surface area contributed by atoms with Crippen molar-refractivity contribution >= 4 is 12.0 Å². The molecule has 2 atom stereocenters. The number of hydrogen-bond acceptors (Lipinski definition) is 4. The summed E-state index contributed by atoms with van der Waals surface area (Å²) in [6.07, 6.45) is -0.975. The Bertz CT molecular complexity index is 1220. The van der Waals surface area contributed by atoms with Gasteiger partial charge in [-0.2, -0.15) is 0 Å². The quantitative estimate of drug-likeness (QED) is 0.470. The van der Waals surface area contributed by atoms with E-state index in [-0.39, 0.29) is 37.6 Å². The summed E-state index contributed by atoms with van der Waals surface area (Å²) < 4.78 is 52.6. The summed E-state index contributed by atoms with van der Waals surface area (Å²) >= 11 is 0. The normalized spacial score (nSPS) is 17.6. The Morgan fingerprint density at radius 3 is 2.36 bits per heavy atom. The zero-order valence-corrected chi connectivity index (χ0v) is 19.5. The van der Waals surface area contributed by atoms with Crippen LogP contribution < -0.4 is 10.1 Å². The molecule has 188 valence electrons. The SMILES string of the molecule is COc1ccc(CN2C[C@@H](NC(=O)OCc3ccccc3)[C@H](c3cc(F)c(F)cc3F)CC2=O)cc1. The van der Waals surface area contributed by atoms with E-state index in [4.69, 9.17) is 9.47 Å². The molecular weight excluding hydrogens is 473 g/mol. The molecule has 3 aromatic rings. The topological polar surface area (TPSA) is 67.9 Å². The summed E-state index contributed by atoms with van der Waals surface area (Å²) in [6.45, 7) is 0.277. The second kappa shape index (κ2) is 11.2. The minimum Gasteiger partial charge on any atom is -0.497 e. The molecule has 1 fully saturated rings. The van der Waals surface area contributed by atoms with Gasteiger partial charge in [-0.3, -0.25) is 4.79 Å². The van der Waals surface area contributed by atoms with Crippen molar-refractivity contribution in [1.29, 1.82) is 0 Å². The van der Waals surface area contributed by atoms with E-state index in [2.05, 4.69) is 5.32 Å². The molecule has 1 heterocycles. The van der Waals surface area contributed by atoms with Gasteiger partial charge in [-0.05, 0) is 34.9 Å². The van der Waals surface area contributed by atoms with E-state index in [9.17, 15) is 22.8 Å². The van der Waals surface area contributed by atoms with Crippen LogP contribution in [0.25, 0.3) is 0 Å². The van der Waals surface area contributed by atoms with E-state index in [1.807, 2.05) is 30.3 Å². The van der Waals surface area contributed by atoms with E-state index in [1.165, 1.54) is 4.90 Å². The van der Waals surface area contributed by atoms with Gasteiger partial charge in [-0.1, -0.05) is 42.5 Å². The molecule has 36 heavy (non-hydrogen) atoms. The molecule has 4 rings (SSSR count). The number of alkyl carbamates (subject to hydrolysis) is 1. The second-order valence-electron chi connectivity index (χ2n) is 8.53. The van der Waals surface area contributed by atoms with Crippen molar-refractivity contribution < 1.29 is 32.2 Å². The monoisotopic (exact) mass is 498 g/mol. The van der Waals surface area contributed by atoms with Crippen LogP contribution in [0, 0.1) is 17.5 Å². The molecule has 0 spiro atoms. The standard InChI is InChI=1S/C27H25F3N2O4/c1-35-19-9-7-17(8-10-19)14-32-15-25(31-27(34)36-16-18-5-3-2-4-6-18)21(12-26(32)33)20-11-23(29)24(30)13-22(20)28/h2-11,13,21,25H,12,14-16H2,1H3,(H,31,34)/t21-,25+/m0/s1. The van der Waals surface area contributed by atoms with Crippen LogP contribution in [0.15, 0.2) is 66.7 Å². The van der Waals surface area contributed by atoms with E-state index in [1.54, 1.807) is 31.4 Å². The van der Waals surface area contributed by atoms with Crippen LogP contribution in [0.3, 0.4) is 0 Å². The lowest BCUT2D eigenvalue weighted by Gasteiger charge is -2.38. The Labute approximate surface area is 206 Å². The lowest BCUT2D eigenvalue weighted by molar-refractivity contribution is -0.135. The zero-order chi connectivity index (χ0) is 25.7. The van der Waals surface area contributed by atoms with Gasteiger partial charge in [0.1, 0.15) is 18.2 Å². The summed E-state index contributed by atoms with van der Waals surface area (Å²) in [4.78, 5) is 27.1. The number of carbonyl (C=O) groups excluding carboxylic acids is 2. The van der Waals surface area contributed by atoms with Gasteiger partial charge in [-0.15, -0.1) is 0 Å². The third-order valence-electron chi connectivity index (χ3n) is 6.14. The third-order valence-corrected chi connectivity index (χ3v) is 6.14. The lowest BCUT2D eigenvalue weighted by atomic mass is 9.84. The third kappa shape index (κ3) is 5.97. The average molecular weight is 499 g/mol. The molecular formula is C27H25F3N2O4. The molecule has 0 saturated carbocycles. The number of benzene rings is 3. The molecule has 2 amide bonds. The maximum Gasteiger partial charge on any atom is 0.407 e. The number of ether oxygens (including phenoxy) is 2. The molecule has 1 aliphatic rings. The number of halogens is 3. The first kappa shape index (κ1) is 25.1. The van der Waals surface area contributed by atoms with Crippen LogP contribution in [-0.4, -0.2) is 36.6 Å². The Balaban J connectivity index is 1.54. The molecule has 9 heteroatoms. The number of methoxy groups -OCH3 is 1. The van der Waals surface area contributed by atoms with Crippen LogP contribution in [0.2, 0.25) is 0 Å². The van der Waals surface area contributed by atoms with Crippen molar-refractivity contribution in [1.82, 2.24) is 10.2 Å². The van der Waals surface area contributed by atoms with Crippen molar-refractivity contribution in [3.8, 4) is 5.75 Å². The second-order valence-corrected chi connectivity index (χ2v) is 8.53. The maximum atomic E-state index is 14.7. The predicted molar refractivity (Wildman–Crippen MR) is 126 cm³/mol. The van der Waals surface area contributed by atoms with Gasteiger partial charge in [0.25, 0.3) is 0 Å². The highest BCUT2D eigenvalue weighted by Crippen LogP contribution is 2.33. The van der Waals surface area contributed by atoms with Gasteiger partial charge >= 0.3 is 6.09 Å². The number of nitrogens with one attached hydrogen (secondary N) is 1. The first-order chi connectivity index (χ1) is 17.3. The lowest BCUT2D eigenvalue weighted by Crippen LogP contribution is -2.53. The van der Waals surface area contributed by atoms with Gasteiger partial charge in [0.2, 0.25) is 5.91 Å². The number of amides is 2. The fourth-order valence-corrected chi connectivity index (χ4v) is 4.24. The zero-order valence-electron chi connectivity index (χ0n) is 19.5. The average Bonchev–Trinajstić information content (AvgIpc) is 2.88. The molecule has 0 bridgehead atoms. The van der Waals surface area contributed by atoms with Crippen molar-refractivity contribution in [2.45, 2.75) is 31.5 Å². The van der Waals surface area contributed by atoms with Gasteiger partial charge in [-0.25, -0.2) is 18.0 Å². The van der Waals surface area contributed by atoms with Crippen molar-refractivity contribution in [2.24, 2.45) is 0 Å². The van der Waals surface area contributed by atoms with Gasteiger partial charge in [0.15, 0.2) is 11.6 Å². The largest absolute Gasteiger partial charge is 0.497 e. The Kier molecular flexibility index (Phi) is 7.77. The minimum atomic E-state index is -1.33. The van der Waals surface area contributed by atoms with Crippen molar-refractivity contribution in [3.63, 3.8) is 0 Å². The summed E-state index contributed by atoms with van der Waals surface area (Å²) in [5.74, 6) is -4.10. The molecule has 3 aromatic carbocycles. The summed E-state index contributed by atoms with van der Waals surface area (Å²) in [5, 5.41) is 2.70. The van der Waals surface area contributed by atoms with Crippen molar-refractivity contribution in [2.75, 3.05) is 13.7 Å². The molecule has 1 N–H and O–H groups in total. The highest BCUT2D eigenvalue weighted by molar-refractivity contribution is 5.79. The first-order valence-electron chi connectivity index (χ1n) is 11.4. The Morgan fingerprint density at radius 2 is 1.67 bits per heavy atom. The summed E-state index contributed by atoms with van der Waals surface area (Å²) in [5.41, 5.74) is 1.42. The smallest absolute Gasteiger partial charge is 0.407 e. The van der Waals surface area contributed by atoms with Gasteiger partial charge in [0.05, 0.1) is 13.2 Å². The molecule has 0 radical (unpaired) electrons. The van der Waals surface area contributed by atoms with Crippen LogP contribution in [0.5, 0.6) is 5.75 Å².